The van der Waals surface area contributed by atoms with Gasteiger partial charge in [0.2, 0.25) is 6.29 Å². The van der Waals surface area contributed by atoms with E-state index >= 15 is 0 Å². The molecule has 0 aliphatic carbocycles. The molecule has 0 unspecified atom stereocenters. The molecule has 5 nitrogen and oxygen atoms in total. The van der Waals surface area contributed by atoms with Gasteiger partial charge in [0.05, 0.1) is 19.3 Å². The number of ether oxygens (including phenoxy) is 4. The Morgan fingerprint density at radius 2 is 1.47 bits per heavy atom. The molecule has 0 bridgehead atoms. The summed E-state index contributed by atoms with van der Waals surface area (Å²) in [6.07, 6.45) is 0.609. The molecular formula is C12H22O5. The van der Waals surface area contributed by atoms with Crippen molar-refractivity contribution < 1.29 is 23.7 Å². The van der Waals surface area contributed by atoms with E-state index in [0.717, 1.165) is 0 Å². The summed E-state index contributed by atoms with van der Waals surface area (Å²) in [7, 11) is 0. The van der Waals surface area contributed by atoms with E-state index in [1.54, 1.807) is 6.92 Å². The molecule has 0 aromatic carbocycles. The van der Waals surface area contributed by atoms with Crippen LogP contribution in [0.4, 0.5) is 0 Å². The fraction of sp³-hybridized carbons (Fsp3) is 0.750. The summed E-state index contributed by atoms with van der Waals surface area (Å²) >= 11 is 0. The molecule has 0 N–H and O–H groups in total. The summed E-state index contributed by atoms with van der Waals surface area (Å²) in [5, 5.41) is 0. The zero-order valence-electron chi connectivity index (χ0n) is 11.0. The molecule has 0 aliphatic heterocycles. The van der Waals surface area contributed by atoms with Crippen LogP contribution in [0.5, 0.6) is 0 Å². The first-order valence-electron chi connectivity index (χ1n) is 5.93. The van der Waals surface area contributed by atoms with Crippen LogP contribution in [0.3, 0.4) is 0 Å². The Morgan fingerprint density at radius 3 is 1.88 bits per heavy atom. The van der Waals surface area contributed by atoms with E-state index in [1.165, 1.54) is 6.08 Å². The molecule has 0 saturated carbocycles. The SMILES string of the molecule is CCOC(=O)C=C(OCC)C(OCC)OCC. The zero-order valence-corrected chi connectivity index (χ0v) is 11.0. The largest absolute Gasteiger partial charge is 0.493 e. The van der Waals surface area contributed by atoms with E-state index in [-0.39, 0.29) is 0 Å². The summed E-state index contributed by atoms with van der Waals surface area (Å²) in [6.45, 7) is 8.96. The predicted octanol–water partition coefficient (Wildman–Crippen LogP) is 1.87. The van der Waals surface area contributed by atoms with Gasteiger partial charge in [-0.05, 0) is 27.7 Å². The quantitative estimate of drug-likeness (QED) is 0.269. The lowest BCUT2D eigenvalue weighted by Crippen LogP contribution is -2.23. The fourth-order valence-corrected chi connectivity index (χ4v) is 1.16. The molecule has 0 rings (SSSR count). The minimum absolute atomic E-state index is 0.322. The smallest absolute Gasteiger partial charge is 0.334 e. The van der Waals surface area contributed by atoms with Gasteiger partial charge in [0.15, 0.2) is 5.76 Å². The van der Waals surface area contributed by atoms with Gasteiger partial charge in [-0.2, -0.15) is 0 Å². The Balaban J connectivity index is 4.69. The lowest BCUT2D eigenvalue weighted by atomic mass is 10.4. The van der Waals surface area contributed by atoms with Crippen molar-refractivity contribution in [1.29, 1.82) is 0 Å². The highest BCUT2D eigenvalue weighted by molar-refractivity contribution is 5.82. The van der Waals surface area contributed by atoms with Crippen molar-refractivity contribution in [3.63, 3.8) is 0 Å². The molecule has 0 aromatic rings. The van der Waals surface area contributed by atoms with Crippen LogP contribution in [0.1, 0.15) is 27.7 Å². The molecule has 0 spiro atoms. The van der Waals surface area contributed by atoms with Crippen molar-refractivity contribution in [2.75, 3.05) is 26.4 Å². The Hall–Kier alpha value is -1.07. The standard InChI is InChI=1S/C12H22O5/c1-5-14-10(9-11(13)15-6-2)12(16-7-3)17-8-4/h9,12H,5-8H2,1-4H3. The average molecular weight is 246 g/mol. The summed E-state index contributed by atoms with van der Waals surface area (Å²) in [5.74, 6) is -0.116. The predicted molar refractivity (Wildman–Crippen MR) is 63.4 cm³/mol. The molecule has 0 fully saturated rings. The second-order valence-corrected chi connectivity index (χ2v) is 2.97. The van der Waals surface area contributed by atoms with Gasteiger partial charge in [0, 0.05) is 13.2 Å². The zero-order chi connectivity index (χ0) is 13.1. The van der Waals surface area contributed by atoms with Gasteiger partial charge in [0.25, 0.3) is 0 Å². The number of carbonyl (C=O) groups is 1. The van der Waals surface area contributed by atoms with Crippen LogP contribution < -0.4 is 0 Å². The van der Waals surface area contributed by atoms with Crippen molar-refractivity contribution in [1.82, 2.24) is 0 Å². The third-order valence-corrected chi connectivity index (χ3v) is 1.73. The summed E-state index contributed by atoms with van der Waals surface area (Å²) in [5.41, 5.74) is 0. The topological polar surface area (TPSA) is 54.0 Å². The normalized spacial score (nSPS) is 11.7. The van der Waals surface area contributed by atoms with Gasteiger partial charge < -0.3 is 18.9 Å². The van der Waals surface area contributed by atoms with Crippen LogP contribution in [0.2, 0.25) is 0 Å². The number of esters is 1. The number of carbonyl (C=O) groups excluding carboxylic acids is 1. The maximum Gasteiger partial charge on any atom is 0.334 e. The van der Waals surface area contributed by atoms with Gasteiger partial charge in [-0.25, -0.2) is 4.79 Å². The first-order valence-corrected chi connectivity index (χ1v) is 5.93. The third kappa shape index (κ3) is 6.97. The van der Waals surface area contributed by atoms with E-state index < -0.39 is 12.3 Å². The van der Waals surface area contributed by atoms with Crippen LogP contribution in [0, 0.1) is 0 Å². The lowest BCUT2D eigenvalue weighted by Gasteiger charge is -2.19. The van der Waals surface area contributed by atoms with Gasteiger partial charge in [-0.1, -0.05) is 0 Å². The van der Waals surface area contributed by atoms with Crippen molar-refractivity contribution in [3.8, 4) is 0 Å². The van der Waals surface area contributed by atoms with Crippen molar-refractivity contribution in [2.45, 2.75) is 34.0 Å². The van der Waals surface area contributed by atoms with E-state index in [0.29, 0.717) is 32.2 Å². The molecule has 0 saturated heterocycles. The number of hydrogen-bond acceptors (Lipinski definition) is 5. The summed E-state index contributed by atoms with van der Waals surface area (Å²) in [4.78, 5) is 11.4. The molecular weight excluding hydrogens is 224 g/mol. The van der Waals surface area contributed by atoms with Gasteiger partial charge in [-0.15, -0.1) is 0 Å². The lowest BCUT2D eigenvalue weighted by molar-refractivity contribution is -0.143. The molecule has 5 heteroatoms. The fourth-order valence-electron chi connectivity index (χ4n) is 1.16. The number of hydrogen-bond donors (Lipinski definition) is 0. The van der Waals surface area contributed by atoms with Crippen LogP contribution >= 0.6 is 0 Å². The van der Waals surface area contributed by atoms with Crippen molar-refractivity contribution in [3.05, 3.63) is 11.8 Å². The van der Waals surface area contributed by atoms with Crippen LogP contribution in [0.25, 0.3) is 0 Å². The molecule has 0 atom stereocenters. The second kappa shape index (κ2) is 10.1. The maximum atomic E-state index is 11.4. The maximum absolute atomic E-state index is 11.4. The highest BCUT2D eigenvalue weighted by Gasteiger charge is 2.17. The minimum Gasteiger partial charge on any atom is -0.493 e. The molecule has 100 valence electrons. The van der Waals surface area contributed by atoms with Crippen LogP contribution in [-0.4, -0.2) is 38.7 Å². The first kappa shape index (κ1) is 15.9. The van der Waals surface area contributed by atoms with Gasteiger partial charge in [-0.3, -0.25) is 0 Å². The Labute approximate surface area is 103 Å². The van der Waals surface area contributed by atoms with E-state index in [9.17, 15) is 4.79 Å². The van der Waals surface area contributed by atoms with E-state index in [2.05, 4.69) is 0 Å². The average Bonchev–Trinajstić information content (AvgIpc) is 2.28. The third-order valence-electron chi connectivity index (χ3n) is 1.73. The van der Waals surface area contributed by atoms with E-state index in [4.69, 9.17) is 18.9 Å². The summed E-state index contributed by atoms with van der Waals surface area (Å²) < 4.78 is 20.9. The molecule has 0 aromatic heterocycles. The van der Waals surface area contributed by atoms with Gasteiger partial charge >= 0.3 is 5.97 Å². The Morgan fingerprint density at radius 1 is 0.941 bits per heavy atom. The second-order valence-electron chi connectivity index (χ2n) is 2.97. The first-order chi connectivity index (χ1) is 8.19. The molecule has 0 aliphatic rings. The highest BCUT2D eigenvalue weighted by atomic mass is 16.7. The molecule has 0 amide bonds. The minimum atomic E-state index is -0.658. The van der Waals surface area contributed by atoms with E-state index in [1.807, 2.05) is 20.8 Å². The molecule has 0 heterocycles. The van der Waals surface area contributed by atoms with Crippen LogP contribution in [0.15, 0.2) is 11.8 Å². The van der Waals surface area contributed by atoms with Crippen molar-refractivity contribution in [2.24, 2.45) is 0 Å². The number of rotatable bonds is 9. The Kier molecular flexibility index (Phi) is 9.47. The monoisotopic (exact) mass is 246 g/mol. The Bertz CT molecular complexity index is 231. The van der Waals surface area contributed by atoms with Crippen LogP contribution in [-0.2, 0) is 23.7 Å². The van der Waals surface area contributed by atoms with Gasteiger partial charge in [0.1, 0.15) is 0 Å². The summed E-state index contributed by atoms with van der Waals surface area (Å²) in [6, 6.07) is 0. The molecule has 17 heavy (non-hydrogen) atoms. The molecule has 0 radical (unpaired) electrons. The highest BCUT2D eigenvalue weighted by Crippen LogP contribution is 2.11. The van der Waals surface area contributed by atoms with Crippen molar-refractivity contribution >= 4 is 5.97 Å².